The molecule has 112 valence electrons. The number of rotatable bonds is 0. The van der Waals surface area contributed by atoms with E-state index < -0.39 is 0 Å². The van der Waals surface area contributed by atoms with Crippen molar-refractivity contribution in [2.24, 2.45) is 0 Å². The van der Waals surface area contributed by atoms with Crippen LogP contribution in [0.15, 0.2) is 36.4 Å². The predicted octanol–water partition coefficient (Wildman–Crippen LogP) is 2.86. The molecule has 1 N–H and O–H groups in total. The summed E-state index contributed by atoms with van der Waals surface area (Å²) in [7, 11) is 0. The maximum atomic E-state index is 11.7. The lowest BCUT2D eigenvalue weighted by Gasteiger charge is -2.17. The van der Waals surface area contributed by atoms with Crippen LogP contribution in [0.2, 0.25) is 0 Å². The van der Waals surface area contributed by atoms with E-state index in [1.165, 1.54) is 11.8 Å². The summed E-state index contributed by atoms with van der Waals surface area (Å²) in [6, 6.07) is 12.3. The minimum atomic E-state index is 0.187. The maximum absolute atomic E-state index is 11.7. The highest BCUT2D eigenvalue weighted by Gasteiger charge is 2.26. The first-order chi connectivity index (χ1) is 11.2. The van der Waals surface area contributed by atoms with E-state index >= 15 is 0 Å². The highest BCUT2D eigenvalue weighted by Crippen LogP contribution is 2.34. The lowest BCUT2D eigenvalue weighted by molar-refractivity contribution is -0.110. The molecule has 0 amide bonds. The average molecular weight is 319 g/mol. The number of nitrogens with one attached hydrogen (secondary N) is 1. The molecule has 5 heteroatoms. The van der Waals surface area contributed by atoms with Crippen molar-refractivity contribution in [3.63, 3.8) is 0 Å². The Balaban J connectivity index is 1.79. The summed E-state index contributed by atoms with van der Waals surface area (Å²) in [4.78, 5) is 16.5. The van der Waals surface area contributed by atoms with Crippen molar-refractivity contribution in [3.05, 3.63) is 58.6 Å². The summed E-state index contributed by atoms with van der Waals surface area (Å²) in [6.45, 7) is 0.688. The molecule has 2 aliphatic heterocycles. The van der Waals surface area contributed by atoms with Gasteiger partial charge in [-0.05, 0) is 23.8 Å². The zero-order valence-corrected chi connectivity index (χ0v) is 13.1. The Kier molecular flexibility index (Phi) is 2.59. The van der Waals surface area contributed by atoms with Crippen LogP contribution < -0.4 is 5.49 Å². The van der Waals surface area contributed by atoms with Crippen LogP contribution in [0.5, 0.6) is 0 Å². The highest BCUT2D eigenvalue weighted by molar-refractivity contribution is 8.13. The molecule has 0 aliphatic carbocycles. The van der Waals surface area contributed by atoms with Gasteiger partial charge in [0.25, 0.3) is 0 Å². The van der Waals surface area contributed by atoms with Crippen molar-refractivity contribution in [3.8, 4) is 11.4 Å². The molecule has 23 heavy (non-hydrogen) atoms. The van der Waals surface area contributed by atoms with Crippen LogP contribution in [0.1, 0.15) is 16.7 Å². The highest BCUT2D eigenvalue weighted by atomic mass is 32.2. The molecule has 0 fully saturated rings. The third-order valence-corrected chi connectivity index (χ3v) is 5.53. The Morgan fingerprint density at radius 3 is 2.96 bits per heavy atom. The number of hydrogen-bond acceptors (Lipinski definition) is 4. The van der Waals surface area contributed by atoms with E-state index in [4.69, 9.17) is 10.4 Å². The van der Waals surface area contributed by atoms with Gasteiger partial charge in [0.1, 0.15) is 5.49 Å². The lowest BCUT2D eigenvalue weighted by Crippen LogP contribution is -2.27. The molecule has 0 atom stereocenters. The summed E-state index contributed by atoms with van der Waals surface area (Å²) >= 11 is 1.32. The van der Waals surface area contributed by atoms with Crippen LogP contribution in [-0.4, -0.2) is 14.7 Å². The molecule has 2 aromatic heterocycles. The van der Waals surface area contributed by atoms with Gasteiger partial charge in [0.15, 0.2) is 5.12 Å². The smallest absolute Gasteiger partial charge is 0.193 e. The molecule has 1 aromatic carbocycles. The summed E-state index contributed by atoms with van der Waals surface area (Å²) in [5.74, 6) is 0.610. The van der Waals surface area contributed by atoms with Crippen LogP contribution in [0.25, 0.3) is 22.3 Å². The van der Waals surface area contributed by atoms with Gasteiger partial charge in [0.2, 0.25) is 0 Å². The molecule has 2 aliphatic rings. The van der Waals surface area contributed by atoms with E-state index in [1.54, 1.807) is 0 Å². The SMILES string of the molecule is N=c1c2c(cc3n1Cc1cc4ccccc4nc1-3)CC(=O)SC2. The van der Waals surface area contributed by atoms with Crippen molar-refractivity contribution in [2.75, 3.05) is 0 Å². The number of pyridine rings is 2. The van der Waals surface area contributed by atoms with Gasteiger partial charge in [-0.25, -0.2) is 4.98 Å². The maximum Gasteiger partial charge on any atom is 0.193 e. The fraction of sp³-hybridized carbons (Fsp3) is 0.167. The third kappa shape index (κ3) is 1.83. The van der Waals surface area contributed by atoms with Crippen molar-refractivity contribution in [1.82, 2.24) is 9.55 Å². The molecule has 0 unspecified atom stereocenters. The van der Waals surface area contributed by atoms with E-state index in [2.05, 4.69) is 18.2 Å². The normalized spacial score (nSPS) is 15.4. The quantitative estimate of drug-likeness (QED) is 0.542. The fourth-order valence-corrected chi connectivity index (χ4v) is 4.36. The first-order valence-electron chi connectivity index (χ1n) is 7.55. The van der Waals surface area contributed by atoms with Gasteiger partial charge in [-0.1, -0.05) is 30.0 Å². The zero-order valence-electron chi connectivity index (χ0n) is 12.3. The molecule has 5 rings (SSSR count). The monoisotopic (exact) mass is 319 g/mol. The largest absolute Gasteiger partial charge is 0.320 e. The second-order valence-corrected chi connectivity index (χ2v) is 7.03. The molecular weight excluding hydrogens is 306 g/mol. The molecule has 0 saturated heterocycles. The first kappa shape index (κ1) is 13.1. The minimum absolute atomic E-state index is 0.187. The molecule has 4 heterocycles. The molecule has 0 bridgehead atoms. The first-order valence-corrected chi connectivity index (χ1v) is 8.54. The molecular formula is C18H13N3OS. The third-order valence-electron chi connectivity index (χ3n) is 4.63. The van der Waals surface area contributed by atoms with E-state index in [0.29, 0.717) is 24.2 Å². The Hall–Kier alpha value is -2.40. The average Bonchev–Trinajstić information content (AvgIpc) is 2.91. The summed E-state index contributed by atoms with van der Waals surface area (Å²) < 4.78 is 2.02. The van der Waals surface area contributed by atoms with Gasteiger partial charge in [0, 0.05) is 28.7 Å². The number of carbonyl (C=O) groups is 1. The van der Waals surface area contributed by atoms with Crippen molar-refractivity contribution in [2.45, 2.75) is 18.7 Å². The van der Waals surface area contributed by atoms with Crippen LogP contribution in [0, 0.1) is 5.41 Å². The van der Waals surface area contributed by atoms with E-state index in [-0.39, 0.29) is 5.12 Å². The molecule has 0 radical (unpaired) electrons. The predicted molar refractivity (Wildman–Crippen MR) is 90.1 cm³/mol. The molecule has 4 nitrogen and oxygen atoms in total. The van der Waals surface area contributed by atoms with Crippen molar-refractivity contribution in [1.29, 1.82) is 5.41 Å². The standard InChI is InChI=1S/C18H13N3OS/c19-18-13-9-23-16(22)7-11(13)6-15-17-12(8-21(15)18)5-10-3-1-2-4-14(10)20-17/h1-6,19H,7-9H2. The summed E-state index contributed by atoms with van der Waals surface area (Å²) in [6.07, 6.45) is 0.419. The number of hydrogen-bond donors (Lipinski definition) is 1. The number of carbonyl (C=O) groups excluding carboxylic acids is 1. The Bertz CT molecular complexity index is 1070. The number of benzene rings is 1. The molecule has 0 saturated carbocycles. The zero-order chi connectivity index (χ0) is 15.6. The van der Waals surface area contributed by atoms with Crippen molar-refractivity contribution >= 4 is 27.8 Å². The Morgan fingerprint density at radius 1 is 1.17 bits per heavy atom. The molecule has 3 aromatic rings. The second kappa shape index (κ2) is 4.55. The van der Waals surface area contributed by atoms with Gasteiger partial charge < -0.3 is 4.57 Å². The van der Waals surface area contributed by atoms with Gasteiger partial charge in [0.05, 0.1) is 23.4 Å². The second-order valence-electron chi connectivity index (χ2n) is 5.99. The van der Waals surface area contributed by atoms with Crippen molar-refractivity contribution < 1.29 is 4.79 Å². The topological polar surface area (TPSA) is 58.7 Å². The number of para-hydroxylation sites is 1. The van der Waals surface area contributed by atoms with E-state index in [0.717, 1.165) is 39.0 Å². The van der Waals surface area contributed by atoms with Crippen LogP contribution in [0.3, 0.4) is 0 Å². The number of aromatic nitrogens is 2. The van der Waals surface area contributed by atoms with Crippen LogP contribution >= 0.6 is 11.8 Å². The van der Waals surface area contributed by atoms with Gasteiger partial charge in [-0.2, -0.15) is 0 Å². The summed E-state index contributed by atoms with van der Waals surface area (Å²) in [5, 5.41) is 9.85. The number of fused-ring (bicyclic) bond motifs is 5. The van der Waals surface area contributed by atoms with Gasteiger partial charge in [-0.15, -0.1) is 0 Å². The minimum Gasteiger partial charge on any atom is -0.320 e. The number of thioether (sulfide) groups is 1. The van der Waals surface area contributed by atoms with Gasteiger partial charge >= 0.3 is 0 Å². The fourth-order valence-electron chi connectivity index (χ4n) is 3.48. The van der Waals surface area contributed by atoms with E-state index in [9.17, 15) is 4.79 Å². The summed E-state index contributed by atoms with van der Waals surface area (Å²) in [5.41, 5.74) is 6.55. The van der Waals surface area contributed by atoms with E-state index in [1.807, 2.05) is 22.8 Å². The Morgan fingerprint density at radius 2 is 2.04 bits per heavy atom. The van der Waals surface area contributed by atoms with Gasteiger partial charge in [-0.3, -0.25) is 10.2 Å². The van der Waals surface area contributed by atoms with Crippen LogP contribution in [-0.2, 0) is 23.5 Å². The number of nitrogens with zero attached hydrogens (tertiary/aromatic N) is 2. The molecule has 0 spiro atoms. The Labute approximate surface area is 136 Å². The van der Waals surface area contributed by atoms with Crippen LogP contribution in [0.4, 0.5) is 0 Å². The lowest BCUT2D eigenvalue weighted by atomic mass is 10.0.